The van der Waals surface area contributed by atoms with E-state index in [1.54, 1.807) is 13.3 Å². The minimum Gasteiger partial charge on any atom is -0.398 e. The molecule has 1 aliphatic heterocycles. The Labute approximate surface area is 174 Å². The molecular weight excluding hydrogens is 380 g/mol. The highest BCUT2D eigenvalue weighted by Gasteiger charge is 2.20. The molecule has 148 valence electrons. The first-order valence-corrected chi connectivity index (χ1v) is 10.5. The van der Waals surface area contributed by atoms with Crippen LogP contribution in [0.4, 0.5) is 5.69 Å². The van der Waals surface area contributed by atoms with Gasteiger partial charge < -0.3 is 11.1 Å². The topological polar surface area (TPSA) is 80.4 Å². The summed E-state index contributed by atoms with van der Waals surface area (Å²) in [4.78, 5) is 22.7. The summed E-state index contributed by atoms with van der Waals surface area (Å²) in [5, 5.41) is 3.96. The number of fused-ring (bicyclic) bond motifs is 1. The van der Waals surface area contributed by atoms with E-state index in [-0.39, 0.29) is 5.78 Å². The van der Waals surface area contributed by atoms with E-state index in [0.29, 0.717) is 17.1 Å². The number of aliphatic imine (C=N–C) groups is 1. The number of anilines is 1. The summed E-state index contributed by atoms with van der Waals surface area (Å²) in [6.45, 7) is 3.80. The van der Waals surface area contributed by atoms with Crippen molar-refractivity contribution in [3.63, 3.8) is 0 Å². The number of nitrogen functional groups attached to an aromatic ring is 1. The molecule has 2 heterocycles. The van der Waals surface area contributed by atoms with E-state index in [0.717, 1.165) is 53.0 Å². The van der Waals surface area contributed by atoms with Crippen molar-refractivity contribution in [2.75, 3.05) is 19.3 Å². The molecule has 0 aliphatic carbocycles. The van der Waals surface area contributed by atoms with Gasteiger partial charge >= 0.3 is 0 Å². The summed E-state index contributed by atoms with van der Waals surface area (Å²) in [5.74, 6) is 0.0821. The molecule has 6 heteroatoms. The summed E-state index contributed by atoms with van der Waals surface area (Å²) in [6.07, 6.45) is 3.01. The van der Waals surface area contributed by atoms with Crippen molar-refractivity contribution in [1.29, 1.82) is 0 Å². The third-order valence-corrected chi connectivity index (χ3v) is 6.44. The molecule has 3 aromatic rings. The average molecular weight is 405 g/mol. The lowest BCUT2D eigenvalue weighted by molar-refractivity contribution is 0.0992. The van der Waals surface area contributed by atoms with E-state index >= 15 is 0 Å². The molecule has 2 aromatic carbocycles. The van der Waals surface area contributed by atoms with Crippen LogP contribution in [0, 0.1) is 6.92 Å². The molecule has 5 nitrogen and oxygen atoms in total. The van der Waals surface area contributed by atoms with Crippen LogP contribution in [-0.4, -0.2) is 30.6 Å². The van der Waals surface area contributed by atoms with Gasteiger partial charge in [-0.1, -0.05) is 30.3 Å². The first-order chi connectivity index (χ1) is 14.1. The quantitative estimate of drug-likeness (QED) is 0.385. The van der Waals surface area contributed by atoms with Crippen molar-refractivity contribution >= 4 is 29.0 Å². The molecule has 0 bridgehead atoms. The van der Waals surface area contributed by atoms with Gasteiger partial charge in [0.1, 0.15) is 0 Å². The normalized spacial score (nSPS) is 13.6. The maximum atomic E-state index is 12.9. The fourth-order valence-corrected chi connectivity index (χ4v) is 4.69. The van der Waals surface area contributed by atoms with Crippen LogP contribution in [0.2, 0.25) is 0 Å². The van der Waals surface area contributed by atoms with E-state index in [2.05, 4.69) is 28.3 Å². The Morgan fingerprint density at radius 3 is 2.97 bits per heavy atom. The number of hydrogen-bond donors (Lipinski definition) is 2. The average Bonchev–Trinajstić information content (AvgIpc) is 3.16. The minimum atomic E-state index is 0.0821. The number of rotatable bonds is 5. The Balaban J connectivity index is 1.60. The van der Waals surface area contributed by atoms with E-state index in [9.17, 15) is 4.79 Å². The van der Waals surface area contributed by atoms with Crippen LogP contribution in [0.1, 0.15) is 37.1 Å². The molecule has 0 spiro atoms. The summed E-state index contributed by atoms with van der Waals surface area (Å²) in [7, 11) is 1.73. The van der Waals surface area contributed by atoms with Crippen LogP contribution in [0.5, 0.6) is 0 Å². The monoisotopic (exact) mass is 404 g/mol. The van der Waals surface area contributed by atoms with Gasteiger partial charge in [0.15, 0.2) is 10.8 Å². The molecule has 0 radical (unpaired) electrons. The lowest BCUT2D eigenvalue weighted by Gasteiger charge is -2.12. The van der Waals surface area contributed by atoms with Crippen LogP contribution >= 0.6 is 11.3 Å². The fraction of sp³-hybridized carbons (Fsp3) is 0.261. The van der Waals surface area contributed by atoms with Gasteiger partial charge in [-0.2, -0.15) is 0 Å². The Kier molecular flexibility index (Phi) is 5.56. The molecule has 0 saturated heterocycles. The van der Waals surface area contributed by atoms with Gasteiger partial charge in [0.25, 0.3) is 0 Å². The molecule has 3 N–H and O–H groups in total. The van der Waals surface area contributed by atoms with Crippen LogP contribution < -0.4 is 11.1 Å². The minimum absolute atomic E-state index is 0.0821. The van der Waals surface area contributed by atoms with Gasteiger partial charge in [0.05, 0.1) is 5.69 Å². The van der Waals surface area contributed by atoms with Gasteiger partial charge in [-0.25, -0.2) is 4.98 Å². The SMILES string of the molecule is CN=Cc1ccc(-c2cccc(CC(=O)c3nc4c(s3)CNCC4)c2C)cc1N. The number of carbonyl (C=O) groups excluding carboxylic acids is 1. The standard InChI is InChI=1S/C23H24N4OS/c1-14-15(11-21(28)23-27-20-8-9-26-13-22(20)29-23)4-3-5-18(14)16-6-7-17(12-25-2)19(24)10-16/h3-7,10,12,26H,8-9,11,13,24H2,1-2H3. The van der Waals surface area contributed by atoms with Crippen LogP contribution in [0.25, 0.3) is 11.1 Å². The second-order valence-corrected chi connectivity index (χ2v) is 8.32. The molecule has 0 fully saturated rings. The number of hydrogen-bond acceptors (Lipinski definition) is 6. The lowest BCUT2D eigenvalue weighted by atomic mass is 9.93. The molecule has 0 unspecified atom stereocenters. The third-order valence-electron chi connectivity index (χ3n) is 5.30. The molecule has 0 saturated carbocycles. The summed E-state index contributed by atoms with van der Waals surface area (Å²) >= 11 is 1.53. The number of carbonyl (C=O) groups is 1. The predicted molar refractivity (Wildman–Crippen MR) is 120 cm³/mol. The van der Waals surface area contributed by atoms with Crippen LogP contribution in [0.3, 0.4) is 0 Å². The molecule has 0 atom stereocenters. The first-order valence-electron chi connectivity index (χ1n) is 9.70. The highest BCUT2D eigenvalue weighted by atomic mass is 32.1. The van der Waals surface area contributed by atoms with Crippen molar-refractivity contribution in [3.8, 4) is 11.1 Å². The van der Waals surface area contributed by atoms with Gasteiger partial charge in [-0.15, -0.1) is 11.3 Å². The molecule has 1 aromatic heterocycles. The van der Waals surface area contributed by atoms with Gasteiger partial charge in [0, 0.05) is 55.3 Å². The number of nitrogens with one attached hydrogen (secondary N) is 1. The van der Waals surface area contributed by atoms with E-state index in [1.165, 1.54) is 16.2 Å². The lowest BCUT2D eigenvalue weighted by Crippen LogP contribution is -2.22. The number of ketones is 1. The number of nitrogens with zero attached hydrogens (tertiary/aromatic N) is 2. The maximum absolute atomic E-state index is 12.9. The maximum Gasteiger partial charge on any atom is 0.195 e. The van der Waals surface area contributed by atoms with Crippen molar-refractivity contribution in [1.82, 2.24) is 10.3 Å². The number of thiazole rings is 1. The Bertz CT molecular complexity index is 1080. The molecule has 4 rings (SSSR count). The van der Waals surface area contributed by atoms with Gasteiger partial charge in [0.2, 0.25) is 0 Å². The second kappa shape index (κ2) is 8.27. The largest absolute Gasteiger partial charge is 0.398 e. The van der Waals surface area contributed by atoms with Crippen molar-refractivity contribution in [3.05, 3.63) is 68.7 Å². The summed E-state index contributed by atoms with van der Waals surface area (Å²) < 4.78 is 0. The van der Waals surface area contributed by atoms with E-state index in [4.69, 9.17) is 5.73 Å². The van der Waals surface area contributed by atoms with Crippen molar-refractivity contribution in [2.24, 2.45) is 4.99 Å². The number of nitrogens with two attached hydrogens (primary N) is 1. The summed E-state index contributed by atoms with van der Waals surface area (Å²) in [5.41, 5.74) is 13.1. The predicted octanol–water partition coefficient (Wildman–Crippen LogP) is 3.82. The fourth-order valence-electron chi connectivity index (χ4n) is 3.68. The highest BCUT2D eigenvalue weighted by molar-refractivity contribution is 7.13. The molecular formula is C23H24N4OS. The first kappa shape index (κ1) is 19.5. The van der Waals surface area contributed by atoms with Crippen molar-refractivity contribution in [2.45, 2.75) is 26.3 Å². The Morgan fingerprint density at radius 1 is 1.34 bits per heavy atom. The second-order valence-electron chi connectivity index (χ2n) is 7.24. The van der Waals surface area contributed by atoms with E-state index < -0.39 is 0 Å². The Hall–Kier alpha value is -2.83. The van der Waals surface area contributed by atoms with Crippen molar-refractivity contribution < 1.29 is 4.79 Å². The van der Waals surface area contributed by atoms with Crippen LogP contribution in [0.15, 0.2) is 41.4 Å². The van der Waals surface area contributed by atoms with Gasteiger partial charge in [-0.05, 0) is 35.2 Å². The zero-order valence-electron chi connectivity index (χ0n) is 16.7. The molecule has 29 heavy (non-hydrogen) atoms. The number of Topliss-reactive ketones (excluding diaryl/α,β-unsaturated/α-hetero) is 1. The zero-order valence-corrected chi connectivity index (χ0v) is 17.5. The number of benzene rings is 2. The third kappa shape index (κ3) is 3.99. The highest BCUT2D eigenvalue weighted by Crippen LogP contribution is 2.29. The zero-order chi connectivity index (χ0) is 20.4. The molecule has 0 amide bonds. The van der Waals surface area contributed by atoms with Gasteiger partial charge in [-0.3, -0.25) is 9.79 Å². The Morgan fingerprint density at radius 2 is 2.21 bits per heavy atom. The number of aromatic nitrogens is 1. The van der Waals surface area contributed by atoms with Crippen LogP contribution in [-0.2, 0) is 19.4 Å². The molecule has 1 aliphatic rings. The summed E-state index contributed by atoms with van der Waals surface area (Å²) in [6, 6.07) is 12.1. The van der Waals surface area contributed by atoms with E-state index in [1.807, 2.05) is 30.3 Å². The smallest absolute Gasteiger partial charge is 0.195 e.